The van der Waals surface area contributed by atoms with E-state index < -0.39 is 5.91 Å². The van der Waals surface area contributed by atoms with Crippen LogP contribution in [-0.4, -0.2) is 47.1 Å². The Bertz CT molecular complexity index is 453. The molecular formula is C13H18N2O4. The number of rotatable bonds is 5. The van der Waals surface area contributed by atoms with Crippen LogP contribution < -0.4 is 5.32 Å². The molecule has 3 N–H and O–H groups in total. The second-order valence-electron chi connectivity index (χ2n) is 4.25. The lowest BCUT2D eigenvalue weighted by molar-refractivity contribution is -0.121. The zero-order chi connectivity index (χ0) is 14.4. The SMILES string of the molecule is CCCNC(=O)CN(C)C(=O)c1cc(O)cc(O)c1. The number of nitrogens with one attached hydrogen (secondary N) is 1. The third kappa shape index (κ3) is 4.50. The second kappa shape index (κ2) is 6.63. The van der Waals surface area contributed by atoms with E-state index in [1.54, 1.807) is 0 Å². The van der Waals surface area contributed by atoms with Crippen LogP contribution in [-0.2, 0) is 4.79 Å². The van der Waals surface area contributed by atoms with Crippen molar-refractivity contribution < 1.29 is 19.8 Å². The van der Waals surface area contributed by atoms with Crippen molar-refractivity contribution >= 4 is 11.8 Å². The normalized spacial score (nSPS) is 10.0. The van der Waals surface area contributed by atoms with Gasteiger partial charge in [-0.25, -0.2) is 0 Å². The first-order valence-electron chi connectivity index (χ1n) is 5.99. The zero-order valence-electron chi connectivity index (χ0n) is 11.0. The van der Waals surface area contributed by atoms with E-state index >= 15 is 0 Å². The molecule has 0 atom stereocenters. The van der Waals surface area contributed by atoms with Gasteiger partial charge in [0.2, 0.25) is 5.91 Å². The van der Waals surface area contributed by atoms with Gasteiger partial charge in [0.25, 0.3) is 5.91 Å². The van der Waals surface area contributed by atoms with Crippen LogP contribution in [0.2, 0.25) is 0 Å². The van der Waals surface area contributed by atoms with E-state index in [9.17, 15) is 19.8 Å². The van der Waals surface area contributed by atoms with Crippen LogP contribution >= 0.6 is 0 Å². The molecule has 0 unspecified atom stereocenters. The average Bonchev–Trinajstić information content (AvgIpc) is 2.34. The third-order valence-corrected chi connectivity index (χ3v) is 2.45. The summed E-state index contributed by atoms with van der Waals surface area (Å²) in [5.74, 6) is -1.10. The maximum Gasteiger partial charge on any atom is 0.254 e. The molecule has 0 aromatic heterocycles. The summed E-state index contributed by atoms with van der Waals surface area (Å²) in [6.45, 7) is 2.42. The number of carbonyl (C=O) groups is 2. The number of hydrogen-bond donors (Lipinski definition) is 3. The molecule has 0 saturated carbocycles. The Hall–Kier alpha value is -2.24. The molecule has 2 amide bonds. The number of amides is 2. The summed E-state index contributed by atoms with van der Waals surface area (Å²) in [7, 11) is 1.48. The number of nitrogens with zero attached hydrogens (tertiary/aromatic N) is 1. The summed E-state index contributed by atoms with van der Waals surface area (Å²) in [5.41, 5.74) is 0.128. The van der Waals surface area contributed by atoms with Crippen molar-refractivity contribution in [1.82, 2.24) is 10.2 Å². The summed E-state index contributed by atoms with van der Waals surface area (Å²) in [6, 6.07) is 3.61. The summed E-state index contributed by atoms with van der Waals surface area (Å²) in [6.07, 6.45) is 0.823. The van der Waals surface area contributed by atoms with Gasteiger partial charge in [0.15, 0.2) is 0 Å². The Kier molecular flexibility index (Phi) is 5.17. The van der Waals surface area contributed by atoms with Crippen molar-refractivity contribution in [3.8, 4) is 11.5 Å². The molecule has 1 aromatic rings. The molecule has 0 spiro atoms. The fourth-order valence-corrected chi connectivity index (χ4v) is 1.55. The van der Waals surface area contributed by atoms with Gasteiger partial charge in [0.1, 0.15) is 11.5 Å². The molecular weight excluding hydrogens is 248 g/mol. The van der Waals surface area contributed by atoms with E-state index in [2.05, 4.69) is 5.32 Å². The summed E-state index contributed by atoms with van der Waals surface area (Å²) in [5, 5.41) is 21.3. The molecule has 0 fully saturated rings. The number of hydrogen-bond acceptors (Lipinski definition) is 4. The molecule has 0 aliphatic rings. The molecule has 1 rings (SSSR count). The number of likely N-dealkylation sites (N-methyl/N-ethyl adjacent to an activating group) is 1. The molecule has 0 bridgehead atoms. The maximum atomic E-state index is 12.0. The lowest BCUT2D eigenvalue weighted by Gasteiger charge is -2.17. The fraction of sp³-hybridized carbons (Fsp3) is 0.385. The molecule has 0 heterocycles. The number of phenols is 2. The topological polar surface area (TPSA) is 89.9 Å². The van der Waals surface area contributed by atoms with E-state index in [1.807, 2.05) is 6.92 Å². The largest absolute Gasteiger partial charge is 0.508 e. The number of benzene rings is 1. The standard InChI is InChI=1S/C13H18N2O4/c1-3-4-14-12(18)8-15(2)13(19)9-5-10(16)7-11(17)6-9/h5-7,16-17H,3-4,8H2,1-2H3,(H,14,18). The van der Waals surface area contributed by atoms with Gasteiger partial charge >= 0.3 is 0 Å². The lowest BCUT2D eigenvalue weighted by atomic mass is 10.2. The zero-order valence-corrected chi connectivity index (χ0v) is 11.0. The minimum atomic E-state index is -0.446. The van der Waals surface area contributed by atoms with Gasteiger partial charge in [-0.05, 0) is 18.6 Å². The van der Waals surface area contributed by atoms with Crippen molar-refractivity contribution in [2.45, 2.75) is 13.3 Å². The fourth-order valence-electron chi connectivity index (χ4n) is 1.55. The molecule has 0 saturated heterocycles. The molecule has 6 nitrogen and oxygen atoms in total. The van der Waals surface area contributed by atoms with Crippen LogP contribution in [0.15, 0.2) is 18.2 Å². The highest BCUT2D eigenvalue weighted by Gasteiger charge is 2.16. The molecule has 0 radical (unpaired) electrons. The van der Waals surface area contributed by atoms with Crippen LogP contribution in [0, 0.1) is 0 Å². The van der Waals surface area contributed by atoms with Crippen LogP contribution in [0.25, 0.3) is 0 Å². The Morgan fingerprint density at radius 2 is 1.79 bits per heavy atom. The molecule has 104 valence electrons. The average molecular weight is 266 g/mol. The monoisotopic (exact) mass is 266 g/mol. The summed E-state index contributed by atoms with van der Waals surface area (Å²) >= 11 is 0. The van der Waals surface area contributed by atoms with Crippen molar-refractivity contribution in [3.05, 3.63) is 23.8 Å². The highest BCUT2D eigenvalue weighted by Crippen LogP contribution is 2.21. The lowest BCUT2D eigenvalue weighted by Crippen LogP contribution is -2.38. The van der Waals surface area contributed by atoms with E-state index in [1.165, 1.54) is 24.1 Å². The quantitative estimate of drug-likeness (QED) is 0.731. The number of aromatic hydroxyl groups is 2. The minimum absolute atomic E-state index is 0.0742. The molecule has 6 heteroatoms. The van der Waals surface area contributed by atoms with Gasteiger partial charge in [0, 0.05) is 25.2 Å². The summed E-state index contributed by atoms with van der Waals surface area (Å²) < 4.78 is 0. The molecule has 0 aliphatic carbocycles. The van der Waals surface area contributed by atoms with Crippen molar-refractivity contribution in [2.75, 3.05) is 20.1 Å². The van der Waals surface area contributed by atoms with Crippen LogP contribution in [0.5, 0.6) is 11.5 Å². The third-order valence-electron chi connectivity index (χ3n) is 2.45. The molecule has 0 aliphatic heterocycles. The maximum absolute atomic E-state index is 12.0. The van der Waals surface area contributed by atoms with Crippen LogP contribution in [0.3, 0.4) is 0 Å². The number of carbonyl (C=O) groups excluding carboxylic acids is 2. The Morgan fingerprint density at radius 1 is 1.21 bits per heavy atom. The number of phenolic OH excluding ortho intramolecular Hbond substituents is 2. The molecule has 19 heavy (non-hydrogen) atoms. The first kappa shape index (κ1) is 14.8. The highest BCUT2D eigenvalue weighted by atomic mass is 16.3. The van der Waals surface area contributed by atoms with Crippen molar-refractivity contribution in [2.24, 2.45) is 0 Å². The first-order valence-corrected chi connectivity index (χ1v) is 5.99. The first-order chi connectivity index (χ1) is 8.93. The van der Waals surface area contributed by atoms with Gasteiger partial charge in [-0.15, -0.1) is 0 Å². The van der Waals surface area contributed by atoms with E-state index in [4.69, 9.17) is 0 Å². The van der Waals surface area contributed by atoms with Gasteiger partial charge < -0.3 is 20.4 Å². The Morgan fingerprint density at radius 3 is 2.32 bits per heavy atom. The minimum Gasteiger partial charge on any atom is -0.508 e. The van der Waals surface area contributed by atoms with Gasteiger partial charge in [-0.3, -0.25) is 9.59 Å². The van der Waals surface area contributed by atoms with Crippen LogP contribution in [0.4, 0.5) is 0 Å². The van der Waals surface area contributed by atoms with E-state index in [0.29, 0.717) is 6.54 Å². The molecule has 1 aromatic carbocycles. The van der Waals surface area contributed by atoms with Gasteiger partial charge in [-0.2, -0.15) is 0 Å². The Labute approximate surface area is 111 Å². The summed E-state index contributed by atoms with van der Waals surface area (Å²) in [4.78, 5) is 24.7. The van der Waals surface area contributed by atoms with Crippen LogP contribution in [0.1, 0.15) is 23.7 Å². The smallest absolute Gasteiger partial charge is 0.254 e. The second-order valence-corrected chi connectivity index (χ2v) is 4.25. The predicted octanol–water partition coefficient (Wildman–Crippen LogP) is 0.696. The van der Waals surface area contributed by atoms with Crippen molar-refractivity contribution in [3.63, 3.8) is 0 Å². The van der Waals surface area contributed by atoms with Gasteiger partial charge in [-0.1, -0.05) is 6.92 Å². The predicted molar refractivity (Wildman–Crippen MR) is 70.0 cm³/mol. The highest BCUT2D eigenvalue weighted by molar-refractivity contribution is 5.97. The van der Waals surface area contributed by atoms with E-state index in [0.717, 1.165) is 12.5 Å². The van der Waals surface area contributed by atoms with Gasteiger partial charge in [0.05, 0.1) is 6.54 Å². The Balaban J connectivity index is 2.68. The van der Waals surface area contributed by atoms with Crippen molar-refractivity contribution in [1.29, 1.82) is 0 Å². The van der Waals surface area contributed by atoms with E-state index in [-0.39, 0.29) is 29.5 Å².